The predicted octanol–water partition coefficient (Wildman–Crippen LogP) is -0.625. The molecule has 1 aliphatic heterocycles. The van der Waals surface area contributed by atoms with E-state index >= 15 is 0 Å². The SMILES string of the molecule is O=C(O)Cn1cccc(CN2CCC(=O)NC2=O)c1=O. The van der Waals surface area contributed by atoms with Crippen LogP contribution in [0.1, 0.15) is 12.0 Å². The second-order valence-corrected chi connectivity index (χ2v) is 4.39. The minimum absolute atomic E-state index is 0.0401. The van der Waals surface area contributed by atoms with Crippen molar-refractivity contribution in [1.29, 1.82) is 0 Å². The average Bonchev–Trinajstić information content (AvgIpc) is 2.36. The number of carboxylic acids is 1. The lowest BCUT2D eigenvalue weighted by Crippen LogP contribution is -2.49. The standard InChI is InChI=1S/C12H13N3O5/c16-9-3-5-15(12(20)13-9)6-8-2-1-4-14(11(8)19)7-10(17)18/h1-2,4H,3,5-7H2,(H,17,18)(H,13,16,20). The minimum atomic E-state index is -1.12. The highest BCUT2D eigenvalue weighted by molar-refractivity contribution is 5.96. The molecule has 2 heterocycles. The summed E-state index contributed by atoms with van der Waals surface area (Å²) in [7, 11) is 0. The summed E-state index contributed by atoms with van der Waals surface area (Å²) in [6.45, 7) is -0.159. The summed E-state index contributed by atoms with van der Waals surface area (Å²) >= 11 is 0. The molecule has 1 aromatic rings. The van der Waals surface area contributed by atoms with Crippen LogP contribution in [0.5, 0.6) is 0 Å². The van der Waals surface area contributed by atoms with Gasteiger partial charge in [0.1, 0.15) is 6.54 Å². The van der Waals surface area contributed by atoms with E-state index in [1.54, 1.807) is 6.07 Å². The number of urea groups is 1. The maximum absolute atomic E-state index is 12.0. The van der Waals surface area contributed by atoms with Crippen LogP contribution in [0.4, 0.5) is 4.79 Å². The summed E-state index contributed by atoms with van der Waals surface area (Å²) < 4.78 is 1.06. The Balaban J connectivity index is 2.17. The average molecular weight is 279 g/mol. The van der Waals surface area contributed by atoms with Gasteiger partial charge in [-0.3, -0.25) is 19.7 Å². The van der Waals surface area contributed by atoms with Crippen molar-refractivity contribution in [3.63, 3.8) is 0 Å². The Morgan fingerprint density at radius 2 is 2.10 bits per heavy atom. The maximum Gasteiger partial charge on any atom is 0.324 e. The van der Waals surface area contributed by atoms with Crippen molar-refractivity contribution in [2.24, 2.45) is 0 Å². The molecule has 2 N–H and O–H groups in total. The molecule has 0 atom stereocenters. The van der Waals surface area contributed by atoms with Gasteiger partial charge in [-0.15, -0.1) is 0 Å². The number of amides is 3. The lowest BCUT2D eigenvalue weighted by Gasteiger charge is -2.26. The van der Waals surface area contributed by atoms with E-state index < -0.39 is 24.1 Å². The van der Waals surface area contributed by atoms with Crippen molar-refractivity contribution < 1.29 is 19.5 Å². The molecule has 0 bridgehead atoms. The summed E-state index contributed by atoms with van der Waals surface area (Å²) in [5, 5.41) is 10.9. The molecule has 0 radical (unpaired) electrons. The van der Waals surface area contributed by atoms with Crippen LogP contribution in [0.25, 0.3) is 0 Å². The van der Waals surface area contributed by atoms with Gasteiger partial charge in [-0.05, 0) is 6.07 Å². The highest BCUT2D eigenvalue weighted by atomic mass is 16.4. The van der Waals surface area contributed by atoms with Gasteiger partial charge in [0.2, 0.25) is 5.91 Å². The van der Waals surface area contributed by atoms with Crippen molar-refractivity contribution in [3.05, 3.63) is 34.2 Å². The fourth-order valence-corrected chi connectivity index (χ4v) is 1.93. The third-order valence-electron chi connectivity index (χ3n) is 2.91. The number of carbonyl (C=O) groups excluding carboxylic acids is 2. The molecule has 0 unspecified atom stereocenters. The number of imide groups is 1. The molecule has 106 valence electrons. The van der Waals surface area contributed by atoms with Crippen molar-refractivity contribution in [1.82, 2.24) is 14.8 Å². The normalized spacial score (nSPS) is 15.1. The quantitative estimate of drug-likeness (QED) is 0.763. The molecule has 0 aromatic carbocycles. The Morgan fingerprint density at radius 3 is 2.75 bits per heavy atom. The lowest BCUT2D eigenvalue weighted by atomic mass is 10.2. The van der Waals surface area contributed by atoms with E-state index in [0.29, 0.717) is 5.56 Å². The van der Waals surface area contributed by atoms with Crippen LogP contribution in [0.3, 0.4) is 0 Å². The second kappa shape index (κ2) is 5.55. The summed E-state index contributed by atoms with van der Waals surface area (Å²) in [5.74, 6) is -1.46. The monoisotopic (exact) mass is 279 g/mol. The van der Waals surface area contributed by atoms with Gasteiger partial charge in [-0.2, -0.15) is 0 Å². The maximum atomic E-state index is 12.0. The zero-order valence-corrected chi connectivity index (χ0v) is 10.5. The van der Waals surface area contributed by atoms with E-state index in [2.05, 4.69) is 5.32 Å². The van der Waals surface area contributed by atoms with E-state index in [1.165, 1.54) is 17.2 Å². The molecule has 20 heavy (non-hydrogen) atoms. The first-order valence-corrected chi connectivity index (χ1v) is 5.96. The van der Waals surface area contributed by atoms with Gasteiger partial charge >= 0.3 is 12.0 Å². The number of pyridine rings is 1. The molecule has 0 saturated carbocycles. The summed E-state index contributed by atoms with van der Waals surface area (Å²) in [6, 6.07) is 2.53. The number of carboxylic acid groups (broad SMARTS) is 1. The molecular formula is C12H13N3O5. The number of rotatable bonds is 4. The number of nitrogens with zero attached hydrogens (tertiary/aromatic N) is 2. The first kappa shape index (κ1) is 13.8. The largest absolute Gasteiger partial charge is 0.480 e. The molecule has 0 spiro atoms. The highest BCUT2D eigenvalue weighted by Crippen LogP contribution is 2.05. The van der Waals surface area contributed by atoms with Crippen molar-refractivity contribution >= 4 is 17.9 Å². The van der Waals surface area contributed by atoms with E-state index in [-0.39, 0.29) is 25.4 Å². The first-order chi connectivity index (χ1) is 9.47. The second-order valence-electron chi connectivity index (χ2n) is 4.39. The van der Waals surface area contributed by atoms with Gasteiger partial charge in [0.05, 0.1) is 6.54 Å². The minimum Gasteiger partial charge on any atom is -0.480 e. The van der Waals surface area contributed by atoms with Crippen molar-refractivity contribution in [2.45, 2.75) is 19.5 Å². The fraction of sp³-hybridized carbons (Fsp3) is 0.333. The number of nitrogens with one attached hydrogen (secondary N) is 1. The first-order valence-electron chi connectivity index (χ1n) is 5.96. The number of aromatic nitrogens is 1. The topological polar surface area (TPSA) is 109 Å². The fourth-order valence-electron chi connectivity index (χ4n) is 1.93. The summed E-state index contributed by atoms with van der Waals surface area (Å²) in [5.41, 5.74) is -0.155. The molecule has 1 aromatic heterocycles. The summed E-state index contributed by atoms with van der Waals surface area (Å²) in [6.07, 6.45) is 1.56. The third-order valence-corrected chi connectivity index (χ3v) is 2.91. The van der Waals surface area contributed by atoms with Gasteiger partial charge in [0.15, 0.2) is 0 Å². The van der Waals surface area contributed by atoms with Crippen LogP contribution in [0.15, 0.2) is 23.1 Å². The Morgan fingerprint density at radius 1 is 1.35 bits per heavy atom. The Labute approximate surface area is 113 Å². The van der Waals surface area contributed by atoms with Gasteiger partial charge in [0.25, 0.3) is 5.56 Å². The smallest absolute Gasteiger partial charge is 0.324 e. The Kier molecular flexibility index (Phi) is 3.83. The van der Waals surface area contributed by atoms with E-state index in [9.17, 15) is 19.2 Å². The van der Waals surface area contributed by atoms with E-state index in [4.69, 9.17) is 5.11 Å². The van der Waals surface area contributed by atoms with Gasteiger partial charge in [-0.25, -0.2) is 4.79 Å². The molecule has 8 heteroatoms. The molecule has 1 fully saturated rings. The lowest BCUT2D eigenvalue weighted by molar-refractivity contribution is -0.137. The van der Waals surface area contributed by atoms with Gasteiger partial charge in [-0.1, -0.05) is 6.07 Å². The van der Waals surface area contributed by atoms with Crippen LogP contribution in [-0.2, 0) is 22.7 Å². The number of hydrogen-bond donors (Lipinski definition) is 2. The van der Waals surface area contributed by atoms with Gasteiger partial charge < -0.3 is 14.6 Å². The Bertz CT molecular complexity index is 622. The highest BCUT2D eigenvalue weighted by Gasteiger charge is 2.23. The van der Waals surface area contributed by atoms with Crippen LogP contribution in [-0.4, -0.2) is 39.0 Å². The molecule has 3 amide bonds. The van der Waals surface area contributed by atoms with Gasteiger partial charge in [0, 0.05) is 24.7 Å². The molecule has 1 aliphatic rings. The molecule has 1 saturated heterocycles. The number of hydrogen-bond acceptors (Lipinski definition) is 4. The van der Waals surface area contributed by atoms with Crippen LogP contribution in [0.2, 0.25) is 0 Å². The van der Waals surface area contributed by atoms with Crippen molar-refractivity contribution in [3.8, 4) is 0 Å². The predicted molar refractivity (Wildman–Crippen MR) is 66.9 cm³/mol. The molecular weight excluding hydrogens is 266 g/mol. The number of carbonyl (C=O) groups is 3. The van der Waals surface area contributed by atoms with Crippen LogP contribution < -0.4 is 10.9 Å². The zero-order chi connectivity index (χ0) is 14.7. The van der Waals surface area contributed by atoms with E-state index in [1.807, 2.05) is 0 Å². The third kappa shape index (κ3) is 3.02. The zero-order valence-electron chi connectivity index (χ0n) is 10.5. The molecule has 0 aliphatic carbocycles. The van der Waals surface area contributed by atoms with Crippen LogP contribution >= 0.6 is 0 Å². The van der Waals surface area contributed by atoms with Crippen LogP contribution in [0, 0.1) is 0 Å². The Hall–Kier alpha value is -2.64. The van der Waals surface area contributed by atoms with E-state index in [0.717, 1.165) is 4.57 Å². The molecule has 2 rings (SSSR count). The number of aliphatic carboxylic acids is 1. The molecule has 8 nitrogen and oxygen atoms in total. The van der Waals surface area contributed by atoms with Crippen molar-refractivity contribution in [2.75, 3.05) is 6.54 Å². The summed E-state index contributed by atoms with van der Waals surface area (Å²) in [4.78, 5) is 46.6.